The fraction of sp³-hybridized carbons (Fsp3) is 0.595. The van der Waals surface area contributed by atoms with Gasteiger partial charge < -0.3 is 25.0 Å². The number of nitrogens with one attached hydrogen (secondary N) is 3. The molecule has 4 fully saturated rings. The van der Waals surface area contributed by atoms with Crippen molar-refractivity contribution in [2.24, 2.45) is 18.4 Å². The Morgan fingerprint density at radius 3 is 2.32 bits per heavy atom. The number of rotatable bonds is 12. The Hall–Kier alpha value is -3.84. The van der Waals surface area contributed by atoms with Gasteiger partial charge in [0.15, 0.2) is 0 Å². The Labute approximate surface area is 298 Å². The highest BCUT2D eigenvalue weighted by atomic mass is 32.2. The van der Waals surface area contributed by atoms with Crippen LogP contribution in [0.1, 0.15) is 77.7 Å². The van der Waals surface area contributed by atoms with Gasteiger partial charge in [-0.1, -0.05) is 51.1 Å². The molecule has 2 aromatic rings. The second-order valence-corrected chi connectivity index (χ2v) is 16.5. The maximum Gasteiger partial charge on any atom is 0.408 e. The van der Waals surface area contributed by atoms with Crippen molar-refractivity contribution in [2.75, 3.05) is 13.7 Å². The van der Waals surface area contributed by atoms with Crippen LogP contribution in [0.15, 0.2) is 49.3 Å². The van der Waals surface area contributed by atoms with Gasteiger partial charge in [0.1, 0.15) is 29.3 Å². The summed E-state index contributed by atoms with van der Waals surface area (Å²) in [6.45, 7) is 9.56. The summed E-state index contributed by atoms with van der Waals surface area (Å²) >= 11 is 1.39. The lowest BCUT2D eigenvalue weighted by Crippen LogP contribution is -2.59. The van der Waals surface area contributed by atoms with Crippen molar-refractivity contribution < 1.29 is 28.7 Å². The van der Waals surface area contributed by atoms with Crippen LogP contribution in [0, 0.1) is 11.3 Å². The Morgan fingerprint density at radius 2 is 1.76 bits per heavy atom. The maximum absolute atomic E-state index is 14.7. The largest absolute Gasteiger partial charge is 0.446 e. The fourth-order valence-electron chi connectivity index (χ4n) is 7.22. The summed E-state index contributed by atoms with van der Waals surface area (Å²) < 4.78 is 16.6. The molecule has 3 saturated carbocycles. The SMILES string of the molecule is C=CC1C[C@]1(NC(=O)[C@@H]1C[C@@](OC)(c2ccc(-c3cnn(C)c3)cc2)CN1C(=O)[C@@H](NC(=O)OC1CCCC1)C(C)(C)C)C(=O)NSC1CC1. The van der Waals surface area contributed by atoms with E-state index in [9.17, 15) is 19.2 Å². The molecule has 4 amide bonds. The van der Waals surface area contributed by atoms with Crippen molar-refractivity contribution in [3.63, 3.8) is 0 Å². The molecule has 50 heavy (non-hydrogen) atoms. The summed E-state index contributed by atoms with van der Waals surface area (Å²) in [5.74, 6) is -1.39. The number of hydrogen-bond donors (Lipinski definition) is 3. The van der Waals surface area contributed by atoms with Crippen molar-refractivity contribution in [1.29, 1.82) is 0 Å². The number of hydrogen-bond acceptors (Lipinski definition) is 8. The standard InChI is InChI=1S/C37H50N6O6S/c1-7-25-18-37(25,33(46)41-50-28-16-17-28)40-31(44)29-19-36(48-6,26-14-12-23(13-15-26)24-20-38-42(5)21-24)22-43(29)32(45)30(35(2,3)4)39-34(47)49-27-10-8-9-11-27/h7,12-15,20-21,25,27-30H,1,8-11,16-19,22H2,2-6H3,(H,39,47)(H,40,44)(H,41,46)/t25?,29-,30+,36-,37+/m0/s1. The van der Waals surface area contributed by atoms with Gasteiger partial charge in [0.05, 0.1) is 12.7 Å². The average molecular weight is 707 g/mol. The minimum Gasteiger partial charge on any atom is -0.446 e. The van der Waals surface area contributed by atoms with E-state index in [0.29, 0.717) is 11.7 Å². The zero-order valence-corrected chi connectivity index (χ0v) is 30.5. The van der Waals surface area contributed by atoms with E-state index < -0.39 is 46.5 Å². The van der Waals surface area contributed by atoms with E-state index in [1.54, 1.807) is 24.1 Å². The van der Waals surface area contributed by atoms with Crippen LogP contribution >= 0.6 is 11.9 Å². The fourth-order valence-corrected chi connectivity index (χ4v) is 8.05. The number of amides is 4. The molecule has 4 aliphatic rings. The minimum atomic E-state index is -1.15. The smallest absolute Gasteiger partial charge is 0.408 e. The highest BCUT2D eigenvalue weighted by Crippen LogP contribution is 2.47. The lowest BCUT2D eigenvalue weighted by atomic mass is 9.85. The van der Waals surface area contributed by atoms with Crippen molar-refractivity contribution in [3.05, 3.63) is 54.9 Å². The van der Waals surface area contributed by atoms with Crippen LogP contribution in [0.3, 0.4) is 0 Å². The summed E-state index contributed by atoms with van der Waals surface area (Å²) in [4.78, 5) is 57.2. The predicted molar refractivity (Wildman–Crippen MR) is 190 cm³/mol. The van der Waals surface area contributed by atoms with Crippen LogP contribution < -0.4 is 15.4 Å². The first-order valence-corrected chi connectivity index (χ1v) is 18.5. The number of likely N-dealkylation sites (tertiary alicyclic amines) is 1. The first-order chi connectivity index (χ1) is 23.8. The molecule has 1 aromatic heterocycles. The van der Waals surface area contributed by atoms with E-state index in [-0.39, 0.29) is 30.9 Å². The molecule has 6 rings (SSSR count). The molecule has 270 valence electrons. The van der Waals surface area contributed by atoms with E-state index in [0.717, 1.165) is 55.2 Å². The van der Waals surface area contributed by atoms with Crippen molar-refractivity contribution in [2.45, 2.75) is 107 Å². The second kappa shape index (κ2) is 14.1. The van der Waals surface area contributed by atoms with E-state index in [1.807, 2.05) is 58.3 Å². The summed E-state index contributed by atoms with van der Waals surface area (Å²) in [6, 6.07) is 5.85. The first-order valence-electron chi connectivity index (χ1n) is 17.6. The molecule has 1 unspecified atom stereocenters. The van der Waals surface area contributed by atoms with E-state index >= 15 is 0 Å². The zero-order chi connectivity index (χ0) is 35.8. The molecule has 5 atom stereocenters. The van der Waals surface area contributed by atoms with Gasteiger partial charge in [-0.15, -0.1) is 6.58 Å². The van der Waals surface area contributed by atoms with Gasteiger partial charge in [-0.25, -0.2) is 4.79 Å². The number of methoxy groups -OCH3 is 1. The molecule has 1 saturated heterocycles. The third-order valence-electron chi connectivity index (χ3n) is 10.6. The number of benzene rings is 1. The van der Waals surface area contributed by atoms with Crippen molar-refractivity contribution in [3.8, 4) is 11.1 Å². The van der Waals surface area contributed by atoms with Crippen LogP contribution in [0.2, 0.25) is 0 Å². The first kappa shape index (κ1) is 36.0. The summed E-state index contributed by atoms with van der Waals surface area (Å²) in [5, 5.41) is 10.6. The van der Waals surface area contributed by atoms with Crippen LogP contribution in [0.4, 0.5) is 4.79 Å². The van der Waals surface area contributed by atoms with Crippen LogP contribution in [0.5, 0.6) is 0 Å². The van der Waals surface area contributed by atoms with Crippen LogP contribution in [-0.2, 0) is 36.5 Å². The predicted octanol–water partition coefficient (Wildman–Crippen LogP) is 4.60. The lowest BCUT2D eigenvalue weighted by Gasteiger charge is -2.36. The Morgan fingerprint density at radius 1 is 1.06 bits per heavy atom. The lowest BCUT2D eigenvalue weighted by molar-refractivity contribution is -0.143. The molecule has 0 spiro atoms. The molecule has 0 bridgehead atoms. The Bertz CT molecular complexity index is 1610. The Balaban J connectivity index is 1.29. The monoisotopic (exact) mass is 706 g/mol. The molecule has 12 nitrogen and oxygen atoms in total. The molecule has 1 aliphatic heterocycles. The van der Waals surface area contributed by atoms with E-state index in [2.05, 4.69) is 27.0 Å². The van der Waals surface area contributed by atoms with Crippen molar-refractivity contribution >= 4 is 35.8 Å². The summed E-state index contributed by atoms with van der Waals surface area (Å²) in [6.07, 6.45) is 10.8. The number of aryl methyl sites for hydroxylation is 1. The number of ether oxygens (including phenoxy) is 2. The third kappa shape index (κ3) is 7.44. The number of aromatic nitrogens is 2. The normalized spacial score (nSPS) is 27.0. The molecule has 3 N–H and O–H groups in total. The maximum atomic E-state index is 14.7. The number of alkyl carbamates (subject to hydrolysis) is 1. The molecule has 13 heteroatoms. The van der Waals surface area contributed by atoms with Gasteiger partial charge in [-0.2, -0.15) is 5.10 Å². The zero-order valence-electron chi connectivity index (χ0n) is 29.7. The van der Waals surface area contributed by atoms with Gasteiger partial charge in [-0.3, -0.25) is 23.8 Å². The Kier molecular flexibility index (Phi) is 10.1. The van der Waals surface area contributed by atoms with Crippen LogP contribution in [0.25, 0.3) is 11.1 Å². The minimum absolute atomic E-state index is 0.0558. The van der Waals surface area contributed by atoms with Gasteiger partial charge >= 0.3 is 6.09 Å². The van der Waals surface area contributed by atoms with Crippen LogP contribution in [-0.4, -0.2) is 81.1 Å². The van der Waals surface area contributed by atoms with E-state index in [4.69, 9.17) is 9.47 Å². The summed E-state index contributed by atoms with van der Waals surface area (Å²) in [7, 11) is 3.44. The molecular weight excluding hydrogens is 657 g/mol. The highest BCUT2D eigenvalue weighted by molar-refractivity contribution is 7.98. The second-order valence-electron chi connectivity index (χ2n) is 15.4. The molecular formula is C37H50N6O6S. The van der Waals surface area contributed by atoms with Crippen molar-refractivity contribution in [1.82, 2.24) is 30.0 Å². The molecule has 3 aliphatic carbocycles. The number of carbonyl (C=O) groups is 4. The summed E-state index contributed by atoms with van der Waals surface area (Å²) in [5.41, 5.74) is -0.193. The van der Waals surface area contributed by atoms with Gasteiger partial charge in [0, 0.05) is 43.5 Å². The highest BCUT2D eigenvalue weighted by Gasteiger charge is 2.62. The quantitative estimate of drug-likeness (QED) is 0.215. The molecule has 0 radical (unpaired) electrons. The van der Waals surface area contributed by atoms with Gasteiger partial charge in [0.25, 0.3) is 5.91 Å². The molecule has 2 heterocycles. The average Bonchev–Trinajstić information content (AvgIpc) is 3.85. The number of nitrogens with zero attached hydrogens (tertiary/aromatic N) is 3. The topological polar surface area (TPSA) is 144 Å². The molecule has 1 aromatic carbocycles. The third-order valence-corrected chi connectivity index (χ3v) is 11.7. The van der Waals surface area contributed by atoms with Gasteiger partial charge in [-0.05, 0) is 73.4 Å². The van der Waals surface area contributed by atoms with Gasteiger partial charge in [0.2, 0.25) is 11.8 Å². The number of carbonyl (C=O) groups excluding carboxylic acids is 4. The van der Waals surface area contributed by atoms with E-state index in [1.165, 1.54) is 16.8 Å².